The SMILES string of the molecule is CCOCCCC(=O)NC(CC(C)C)C(=O)O. The quantitative estimate of drug-likeness (QED) is 0.602. The third kappa shape index (κ3) is 8.68. The van der Waals surface area contributed by atoms with Gasteiger partial charge < -0.3 is 15.2 Å². The molecule has 0 rings (SSSR count). The Bertz CT molecular complexity index is 241. The van der Waals surface area contributed by atoms with Gasteiger partial charge in [0.2, 0.25) is 5.91 Å². The maximum Gasteiger partial charge on any atom is 0.326 e. The number of carbonyl (C=O) groups is 2. The van der Waals surface area contributed by atoms with Crippen molar-refractivity contribution in [2.24, 2.45) is 5.92 Å². The van der Waals surface area contributed by atoms with E-state index in [1.807, 2.05) is 20.8 Å². The van der Waals surface area contributed by atoms with E-state index in [2.05, 4.69) is 5.32 Å². The van der Waals surface area contributed by atoms with Crippen LogP contribution in [-0.2, 0) is 14.3 Å². The number of nitrogens with one attached hydrogen (secondary N) is 1. The van der Waals surface area contributed by atoms with Crippen LogP contribution in [0.4, 0.5) is 0 Å². The van der Waals surface area contributed by atoms with Crippen molar-refractivity contribution < 1.29 is 19.4 Å². The zero-order valence-corrected chi connectivity index (χ0v) is 10.9. The van der Waals surface area contributed by atoms with Gasteiger partial charge in [0.15, 0.2) is 0 Å². The van der Waals surface area contributed by atoms with Crippen LogP contribution in [0, 0.1) is 5.92 Å². The molecule has 100 valence electrons. The first-order chi connectivity index (χ1) is 7.97. The number of hydrogen-bond donors (Lipinski definition) is 2. The van der Waals surface area contributed by atoms with Crippen LogP contribution in [0.5, 0.6) is 0 Å². The molecule has 0 aliphatic carbocycles. The second-order valence-electron chi connectivity index (χ2n) is 4.39. The third-order valence-corrected chi connectivity index (χ3v) is 2.24. The number of hydrogen-bond acceptors (Lipinski definition) is 3. The van der Waals surface area contributed by atoms with Crippen molar-refractivity contribution >= 4 is 11.9 Å². The molecule has 0 aromatic rings. The molecule has 0 aliphatic heterocycles. The first kappa shape index (κ1) is 15.9. The lowest BCUT2D eigenvalue weighted by Crippen LogP contribution is -2.41. The fourth-order valence-electron chi connectivity index (χ4n) is 1.44. The van der Waals surface area contributed by atoms with Crippen LogP contribution >= 0.6 is 0 Å². The van der Waals surface area contributed by atoms with Crippen molar-refractivity contribution in [3.63, 3.8) is 0 Å². The van der Waals surface area contributed by atoms with Gasteiger partial charge >= 0.3 is 5.97 Å². The zero-order valence-electron chi connectivity index (χ0n) is 10.9. The Balaban J connectivity index is 3.91. The highest BCUT2D eigenvalue weighted by molar-refractivity contribution is 5.83. The summed E-state index contributed by atoms with van der Waals surface area (Å²) < 4.78 is 5.10. The fourth-order valence-corrected chi connectivity index (χ4v) is 1.44. The summed E-state index contributed by atoms with van der Waals surface area (Å²) >= 11 is 0. The van der Waals surface area contributed by atoms with Crippen molar-refractivity contribution in [3.05, 3.63) is 0 Å². The van der Waals surface area contributed by atoms with E-state index in [9.17, 15) is 9.59 Å². The summed E-state index contributed by atoms with van der Waals surface area (Å²) in [5.74, 6) is -0.963. The molecule has 0 fully saturated rings. The predicted octanol–water partition coefficient (Wildman–Crippen LogP) is 1.42. The van der Waals surface area contributed by atoms with Crippen molar-refractivity contribution in [2.75, 3.05) is 13.2 Å². The largest absolute Gasteiger partial charge is 0.480 e. The number of rotatable bonds is 9. The maximum atomic E-state index is 11.5. The first-order valence-electron chi connectivity index (χ1n) is 6.07. The minimum atomic E-state index is -0.975. The van der Waals surface area contributed by atoms with E-state index in [1.165, 1.54) is 0 Å². The molecule has 0 bridgehead atoms. The number of ether oxygens (including phenoxy) is 1. The van der Waals surface area contributed by atoms with Gasteiger partial charge in [0.05, 0.1) is 0 Å². The second-order valence-corrected chi connectivity index (χ2v) is 4.39. The summed E-state index contributed by atoms with van der Waals surface area (Å²) in [5.41, 5.74) is 0. The lowest BCUT2D eigenvalue weighted by Gasteiger charge is -2.16. The number of carboxylic acids is 1. The molecule has 1 unspecified atom stereocenters. The Labute approximate surface area is 103 Å². The molecule has 5 heteroatoms. The van der Waals surface area contributed by atoms with Gasteiger partial charge in [-0.1, -0.05) is 13.8 Å². The number of carbonyl (C=O) groups excluding carboxylic acids is 1. The molecule has 1 amide bonds. The minimum absolute atomic E-state index is 0.224. The van der Waals surface area contributed by atoms with Gasteiger partial charge in [-0.25, -0.2) is 4.79 Å². The Morgan fingerprint density at radius 1 is 1.35 bits per heavy atom. The third-order valence-electron chi connectivity index (χ3n) is 2.24. The van der Waals surface area contributed by atoms with Crippen LogP contribution in [0.3, 0.4) is 0 Å². The average Bonchev–Trinajstić information content (AvgIpc) is 2.22. The molecule has 1 atom stereocenters. The number of aliphatic carboxylic acids is 1. The van der Waals surface area contributed by atoms with E-state index in [1.54, 1.807) is 0 Å². The molecule has 0 radical (unpaired) electrons. The first-order valence-corrected chi connectivity index (χ1v) is 6.07. The second kappa shape index (κ2) is 8.98. The van der Waals surface area contributed by atoms with Crippen molar-refractivity contribution in [3.8, 4) is 0 Å². The van der Waals surface area contributed by atoms with Crippen LogP contribution < -0.4 is 5.32 Å². The lowest BCUT2D eigenvalue weighted by atomic mass is 10.0. The number of amides is 1. The molecule has 0 saturated heterocycles. The van der Waals surface area contributed by atoms with E-state index in [-0.39, 0.29) is 11.8 Å². The van der Waals surface area contributed by atoms with Gasteiger partial charge in [-0.2, -0.15) is 0 Å². The summed E-state index contributed by atoms with van der Waals surface area (Å²) in [5, 5.41) is 11.5. The van der Waals surface area contributed by atoms with Crippen molar-refractivity contribution in [1.82, 2.24) is 5.32 Å². The highest BCUT2D eigenvalue weighted by Gasteiger charge is 2.20. The van der Waals surface area contributed by atoms with Gasteiger partial charge in [-0.15, -0.1) is 0 Å². The minimum Gasteiger partial charge on any atom is -0.480 e. The molecule has 0 aromatic heterocycles. The lowest BCUT2D eigenvalue weighted by molar-refractivity contribution is -0.142. The van der Waals surface area contributed by atoms with Gasteiger partial charge in [0.25, 0.3) is 0 Å². The zero-order chi connectivity index (χ0) is 13.3. The Morgan fingerprint density at radius 2 is 2.00 bits per heavy atom. The molecule has 17 heavy (non-hydrogen) atoms. The van der Waals surface area contributed by atoms with Gasteiger partial charge in [0, 0.05) is 19.6 Å². The predicted molar refractivity (Wildman–Crippen MR) is 64.7 cm³/mol. The van der Waals surface area contributed by atoms with Crippen molar-refractivity contribution in [1.29, 1.82) is 0 Å². The maximum absolute atomic E-state index is 11.5. The van der Waals surface area contributed by atoms with Gasteiger partial charge in [-0.3, -0.25) is 4.79 Å². The van der Waals surface area contributed by atoms with Crippen LogP contribution in [0.15, 0.2) is 0 Å². The van der Waals surface area contributed by atoms with Crippen LogP contribution in [-0.4, -0.2) is 36.2 Å². The average molecular weight is 245 g/mol. The van der Waals surface area contributed by atoms with E-state index in [0.717, 1.165) is 0 Å². The highest BCUT2D eigenvalue weighted by Crippen LogP contribution is 2.05. The molecule has 0 aromatic carbocycles. The van der Waals surface area contributed by atoms with Crippen LogP contribution in [0.25, 0.3) is 0 Å². The molecule has 2 N–H and O–H groups in total. The molecule has 0 spiro atoms. The molecular formula is C12H23NO4. The van der Waals surface area contributed by atoms with Crippen LogP contribution in [0.1, 0.15) is 40.0 Å². The molecule has 5 nitrogen and oxygen atoms in total. The van der Waals surface area contributed by atoms with Gasteiger partial charge in [0.1, 0.15) is 6.04 Å². The van der Waals surface area contributed by atoms with E-state index in [4.69, 9.17) is 9.84 Å². The highest BCUT2D eigenvalue weighted by atomic mass is 16.5. The number of carboxylic acid groups (broad SMARTS) is 1. The van der Waals surface area contributed by atoms with E-state index < -0.39 is 12.0 Å². The van der Waals surface area contributed by atoms with Gasteiger partial charge in [-0.05, 0) is 25.7 Å². The Morgan fingerprint density at radius 3 is 2.47 bits per heavy atom. The summed E-state index contributed by atoms with van der Waals surface area (Å²) in [7, 11) is 0. The monoisotopic (exact) mass is 245 g/mol. The Hall–Kier alpha value is -1.10. The molecule has 0 aliphatic rings. The van der Waals surface area contributed by atoms with E-state index in [0.29, 0.717) is 32.5 Å². The standard InChI is InChI=1S/C12H23NO4/c1-4-17-7-5-6-11(14)13-10(12(15)16)8-9(2)3/h9-10H,4-8H2,1-3H3,(H,13,14)(H,15,16). The topological polar surface area (TPSA) is 75.6 Å². The summed E-state index contributed by atoms with van der Waals surface area (Å²) in [6, 6.07) is -0.783. The van der Waals surface area contributed by atoms with E-state index >= 15 is 0 Å². The summed E-state index contributed by atoms with van der Waals surface area (Å²) in [6.45, 7) is 6.91. The Kier molecular flexibility index (Phi) is 8.40. The molecular weight excluding hydrogens is 222 g/mol. The fraction of sp³-hybridized carbons (Fsp3) is 0.833. The smallest absolute Gasteiger partial charge is 0.326 e. The molecule has 0 saturated carbocycles. The van der Waals surface area contributed by atoms with Crippen LogP contribution in [0.2, 0.25) is 0 Å². The van der Waals surface area contributed by atoms with Crippen molar-refractivity contribution in [2.45, 2.75) is 46.1 Å². The molecule has 0 heterocycles. The normalized spacial score (nSPS) is 12.5. The summed E-state index contributed by atoms with van der Waals surface area (Å²) in [6.07, 6.45) is 1.38. The summed E-state index contributed by atoms with van der Waals surface area (Å²) in [4.78, 5) is 22.4.